The van der Waals surface area contributed by atoms with E-state index in [1.807, 2.05) is 6.92 Å². The third kappa shape index (κ3) is 2.95. The number of carbonyl (C=O) groups is 2. The molecule has 0 aromatic heterocycles. The number of nitrogens with one attached hydrogen (secondary N) is 1. The number of hydrogen-bond donors (Lipinski definition) is 2. The molecule has 1 aliphatic rings. The van der Waals surface area contributed by atoms with Crippen LogP contribution in [0.4, 0.5) is 0 Å². The highest BCUT2D eigenvalue weighted by Crippen LogP contribution is 2.24. The number of carbonyl (C=O) groups excluding carboxylic acids is 2. The van der Waals surface area contributed by atoms with Crippen molar-refractivity contribution in [3.05, 3.63) is 0 Å². The Balaban J connectivity index is 2.50. The van der Waals surface area contributed by atoms with E-state index in [9.17, 15) is 9.59 Å². The van der Waals surface area contributed by atoms with Crippen molar-refractivity contribution >= 4 is 11.9 Å². The normalized spacial score (nSPS) is 19.5. The first kappa shape index (κ1) is 13.9. The van der Waals surface area contributed by atoms with E-state index in [1.54, 1.807) is 20.8 Å². The predicted molar refractivity (Wildman–Crippen MR) is 62.7 cm³/mol. The zero-order valence-electron chi connectivity index (χ0n) is 10.9. The molecular weight excluding hydrogens is 222 g/mol. The molecule has 0 bridgehead atoms. The van der Waals surface area contributed by atoms with Gasteiger partial charge in [-0.3, -0.25) is 4.79 Å². The molecule has 1 aliphatic heterocycles. The van der Waals surface area contributed by atoms with E-state index in [4.69, 9.17) is 10.6 Å². The Kier molecular flexibility index (Phi) is 3.78. The molecule has 1 fully saturated rings. The van der Waals surface area contributed by atoms with E-state index in [0.717, 1.165) is 0 Å². The Morgan fingerprint density at radius 2 is 1.94 bits per heavy atom. The van der Waals surface area contributed by atoms with E-state index < -0.39 is 16.9 Å². The molecule has 6 nitrogen and oxygen atoms in total. The van der Waals surface area contributed by atoms with E-state index in [1.165, 1.54) is 5.06 Å². The number of hydrogen-bond acceptors (Lipinski definition) is 5. The summed E-state index contributed by atoms with van der Waals surface area (Å²) in [7, 11) is 0. The maximum absolute atomic E-state index is 11.6. The largest absolute Gasteiger partial charge is 0.368 e. The fourth-order valence-electron chi connectivity index (χ4n) is 1.57. The van der Waals surface area contributed by atoms with Gasteiger partial charge < -0.3 is 15.9 Å². The lowest BCUT2D eigenvalue weighted by Gasteiger charge is -2.46. The second-order valence-electron chi connectivity index (χ2n) is 5.40. The van der Waals surface area contributed by atoms with Gasteiger partial charge in [-0.25, -0.2) is 4.79 Å². The molecule has 0 unspecified atom stereocenters. The molecule has 3 N–H and O–H groups in total. The average molecular weight is 243 g/mol. The molecule has 98 valence electrons. The van der Waals surface area contributed by atoms with Gasteiger partial charge in [0.2, 0.25) is 5.91 Å². The average Bonchev–Trinajstić information content (AvgIpc) is 2.11. The third-order valence-corrected chi connectivity index (χ3v) is 2.70. The number of amides is 1. The van der Waals surface area contributed by atoms with Crippen LogP contribution in [0.5, 0.6) is 0 Å². The van der Waals surface area contributed by atoms with Crippen molar-refractivity contribution in [3.63, 3.8) is 0 Å². The lowest BCUT2D eigenvalue weighted by atomic mass is 9.91. The molecule has 17 heavy (non-hydrogen) atoms. The zero-order chi connectivity index (χ0) is 13.3. The quantitative estimate of drug-likeness (QED) is 0.704. The molecule has 0 saturated carbocycles. The van der Waals surface area contributed by atoms with Gasteiger partial charge in [-0.2, -0.15) is 0 Å². The highest BCUT2D eigenvalue weighted by molar-refractivity contribution is 5.86. The highest BCUT2D eigenvalue weighted by atomic mass is 16.7. The fourth-order valence-corrected chi connectivity index (χ4v) is 1.57. The van der Waals surface area contributed by atoms with E-state index in [2.05, 4.69) is 5.32 Å². The molecule has 0 aromatic rings. The minimum atomic E-state index is -0.757. The lowest BCUT2D eigenvalue weighted by molar-refractivity contribution is -0.234. The molecule has 1 saturated heterocycles. The third-order valence-electron chi connectivity index (χ3n) is 2.70. The molecule has 0 aliphatic carbocycles. The van der Waals surface area contributed by atoms with Crippen LogP contribution in [0.15, 0.2) is 0 Å². The summed E-state index contributed by atoms with van der Waals surface area (Å²) in [5, 5.41) is 4.49. The van der Waals surface area contributed by atoms with Crippen LogP contribution in [-0.4, -0.2) is 42.1 Å². The van der Waals surface area contributed by atoms with Crippen molar-refractivity contribution in [2.24, 2.45) is 11.1 Å². The first-order chi connectivity index (χ1) is 7.71. The molecular formula is C11H21N3O3. The Hall–Kier alpha value is -1.14. The van der Waals surface area contributed by atoms with Gasteiger partial charge in [0.1, 0.15) is 5.54 Å². The second kappa shape index (κ2) is 4.62. The second-order valence-corrected chi connectivity index (χ2v) is 5.40. The molecule has 0 radical (unpaired) electrons. The van der Waals surface area contributed by atoms with Crippen molar-refractivity contribution in [2.45, 2.75) is 33.2 Å². The SMILES string of the molecule is CCNC1(C(N)=O)CN(OC(=O)C(C)(C)C)C1. The summed E-state index contributed by atoms with van der Waals surface area (Å²) < 4.78 is 0. The first-order valence-electron chi connectivity index (χ1n) is 5.73. The molecule has 6 heteroatoms. The van der Waals surface area contributed by atoms with E-state index in [0.29, 0.717) is 19.6 Å². The maximum Gasteiger partial charge on any atom is 0.330 e. The number of nitrogens with zero attached hydrogens (tertiary/aromatic N) is 1. The minimum absolute atomic E-state index is 0.304. The van der Waals surface area contributed by atoms with Crippen LogP contribution < -0.4 is 11.1 Å². The van der Waals surface area contributed by atoms with Crippen LogP contribution in [-0.2, 0) is 14.4 Å². The van der Waals surface area contributed by atoms with Crippen LogP contribution in [0.25, 0.3) is 0 Å². The summed E-state index contributed by atoms with van der Waals surface area (Å²) >= 11 is 0. The zero-order valence-corrected chi connectivity index (χ0v) is 10.9. The number of nitrogens with two attached hydrogens (primary N) is 1. The van der Waals surface area contributed by atoms with Gasteiger partial charge in [0.25, 0.3) is 0 Å². The van der Waals surface area contributed by atoms with Gasteiger partial charge in [0, 0.05) is 0 Å². The van der Waals surface area contributed by atoms with Crippen molar-refractivity contribution in [2.75, 3.05) is 19.6 Å². The van der Waals surface area contributed by atoms with Crippen LogP contribution in [0, 0.1) is 5.41 Å². The van der Waals surface area contributed by atoms with Crippen LogP contribution in [0.1, 0.15) is 27.7 Å². The highest BCUT2D eigenvalue weighted by Gasteiger charge is 2.50. The van der Waals surface area contributed by atoms with Crippen molar-refractivity contribution in [1.82, 2.24) is 10.4 Å². The standard InChI is InChI=1S/C11H21N3O3/c1-5-13-11(8(12)15)6-14(7-11)17-9(16)10(2,3)4/h13H,5-7H2,1-4H3,(H2,12,15). The molecule has 1 amide bonds. The summed E-state index contributed by atoms with van der Waals surface area (Å²) in [5.74, 6) is -0.727. The monoisotopic (exact) mass is 243 g/mol. The van der Waals surface area contributed by atoms with Crippen LogP contribution in [0.2, 0.25) is 0 Å². The molecule has 0 spiro atoms. The van der Waals surface area contributed by atoms with Crippen LogP contribution >= 0.6 is 0 Å². The van der Waals surface area contributed by atoms with Crippen molar-refractivity contribution in [3.8, 4) is 0 Å². The van der Waals surface area contributed by atoms with Gasteiger partial charge in [0.15, 0.2) is 0 Å². The van der Waals surface area contributed by atoms with Crippen molar-refractivity contribution in [1.29, 1.82) is 0 Å². The summed E-state index contributed by atoms with van der Waals surface area (Å²) in [6, 6.07) is 0. The van der Waals surface area contributed by atoms with Crippen LogP contribution in [0.3, 0.4) is 0 Å². The van der Waals surface area contributed by atoms with E-state index >= 15 is 0 Å². The van der Waals surface area contributed by atoms with E-state index in [-0.39, 0.29) is 5.97 Å². The number of hydroxylamine groups is 2. The molecule has 0 aromatic carbocycles. The smallest absolute Gasteiger partial charge is 0.330 e. The molecule has 0 atom stereocenters. The Labute approximate surface area is 101 Å². The number of likely N-dealkylation sites (N-methyl/N-ethyl adjacent to an activating group) is 1. The fraction of sp³-hybridized carbons (Fsp3) is 0.818. The maximum atomic E-state index is 11.6. The Bertz CT molecular complexity index is 316. The van der Waals surface area contributed by atoms with Gasteiger partial charge in [-0.15, -0.1) is 5.06 Å². The van der Waals surface area contributed by atoms with Gasteiger partial charge in [0.05, 0.1) is 18.5 Å². The molecule has 1 heterocycles. The topological polar surface area (TPSA) is 84.7 Å². The Morgan fingerprint density at radius 3 is 2.29 bits per heavy atom. The van der Waals surface area contributed by atoms with Crippen molar-refractivity contribution < 1.29 is 14.4 Å². The summed E-state index contributed by atoms with van der Waals surface area (Å²) in [5.41, 5.74) is 4.02. The van der Waals surface area contributed by atoms with Gasteiger partial charge in [-0.05, 0) is 27.3 Å². The number of rotatable bonds is 4. The predicted octanol–water partition coefficient (Wildman–Crippen LogP) is -0.360. The first-order valence-corrected chi connectivity index (χ1v) is 5.73. The number of primary amides is 1. The summed E-state index contributed by atoms with van der Waals surface area (Å²) in [4.78, 5) is 28.1. The molecule has 1 rings (SSSR count). The van der Waals surface area contributed by atoms with Gasteiger partial charge >= 0.3 is 5.97 Å². The summed E-state index contributed by atoms with van der Waals surface area (Å²) in [6.45, 7) is 8.48. The lowest BCUT2D eigenvalue weighted by Crippen LogP contribution is -2.74. The van der Waals surface area contributed by atoms with Gasteiger partial charge in [-0.1, -0.05) is 6.92 Å². The minimum Gasteiger partial charge on any atom is -0.368 e. The Morgan fingerprint density at radius 1 is 1.41 bits per heavy atom. The summed E-state index contributed by atoms with van der Waals surface area (Å²) in [6.07, 6.45) is 0.